The molecule has 1 aromatic carbocycles. The Balaban J connectivity index is 2.33. The van der Waals surface area contributed by atoms with E-state index < -0.39 is 0 Å². The summed E-state index contributed by atoms with van der Waals surface area (Å²) >= 11 is 8.43. The molecule has 1 fully saturated rings. The van der Waals surface area contributed by atoms with Crippen LogP contribution < -0.4 is 4.74 Å². The number of hydrogen-bond acceptors (Lipinski definition) is 4. The lowest BCUT2D eigenvalue weighted by molar-refractivity contribution is -0.122. The SMILES string of the molecule is C=CCOc1c(Br)cc(/C=C2/SC(=NCC)N(CC)C2=O)cc1Br. The first-order valence-corrected chi connectivity index (χ1v) is 9.90. The van der Waals surface area contributed by atoms with Gasteiger partial charge in [-0.1, -0.05) is 12.7 Å². The third kappa shape index (κ3) is 4.32. The van der Waals surface area contributed by atoms with Crippen LogP contribution in [0, 0.1) is 0 Å². The average molecular weight is 474 g/mol. The maximum Gasteiger partial charge on any atom is 0.266 e. The van der Waals surface area contributed by atoms with Gasteiger partial charge in [0.15, 0.2) is 5.17 Å². The largest absolute Gasteiger partial charge is 0.487 e. The minimum Gasteiger partial charge on any atom is -0.487 e. The molecule has 7 heteroatoms. The zero-order chi connectivity index (χ0) is 17.7. The molecule has 0 unspecified atom stereocenters. The van der Waals surface area contributed by atoms with Crippen molar-refractivity contribution in [1.29, 1.82) is 0 Å². The van der Waals surface area contributed by atoms with Gasteiger partial charge in [-0.2, -0.15) is 0 Å². The lowest BCUT2D eigenvalue weighted by atomic mass is 10.2. The van der Waals surface area contributed by atoms with Crippen LogP contribution in [0.5, 0.6) is 5.75 Å². The maximum atomic E-state index is 12.5. The molecule has 128 valence electrons. The number of carbonyl (C=O) groups is 1. The smallest absolute Gasteiger partial charge is 0.266 e. The summed E-state index contributed by atoms with van der Waals surface area (Å²) < 4.78 is 7.25. The molecule has 0 aliphatic carbocycles. The van der Waals surface area contributed by atoms with Gasteiger partial charge >= 0.3 is 0 Å². The molecule has 1 saturated heterocycles. The number of amidine groups is 1. The fourth-order valence-corrected chi connectivity index (χ4v) is 4.69. The van der Waals surface area contributed by atoms with Crippen LogP contribution in [0.15, 0.2) is 43.6 Å². The number of likely N-dealkylation sites (N-methyl/N-ethyl adjacent to an activating group) is 1. The van der Waals surface area contributed by atoms with Crippen molar-refractivity contribution >= 4 is 60.8 Å². The first-order valence-electron chi connectivity index (χ1n) is 7.50. The number of benzene rings is 1. The number of rotatable bonds is 6. The van der Waals surface area contributed by atoms with E-state index in [9.17, 15) is 4.79 Å². The highest BCUT2D eigenvalue weighted by Crippen LogP contribution is 2.37. The molecule has 0 N–H and O–H groups in total. The highest BCUT2D eigenvalue weighted by Gasteiger charge is 2.31. The number of hydrogen-bond donors (Lipinski definition) is 0. The van der Waals surface area contributed by atoms with Crippen LogP contribution in [0.4, 0.5) is 0 Å². The lowest BCUT2D eigenvalue weighted by Gasteiger charge is -2.11. The summed E-state index contributed by atoms with van der Waals surface area (Å²) in [6.45, 7) is 9.26. The third-order valence-electron chi connectivity index (χ3n) is 3.16. The minimum absolute atomic E-state index is 0.00562. The molecule has 4 nitrogen and oxygen atoms in total. The van der Waals surface area contributed by atoms with Gasteiger partial charge in [-0.25, -0.2) is 0 Å². The van der Waals surface area contributed by atoms with Gasteiger partial charge in [0, 0.05) is 13.1 Å². The third-order valence-corrected chi connectivity index (χ3v) is 5.38. The van der Waals surface area contributed by atoms with E-state index in [0.717, 1.165) is 19.7 Å². The van der Waals surface area contributed by atoms with Gasteiger partial charge in [0.2, 0.25) is 0 Å². The van der Waals surface area contributed by atoms with Crippen molar-refractivity contribution in [2.75, 3.05) is 19.7 Å². The van der Waals surface area contributed by atoms with Crippen molar-refractivity contribution in [3.63, 3.8) is 0 Å². The Morgan fingerprint density at radius 3 is 2.54 bits per heavy atom. The standard InChI is InChI=1S/C17H18Br2N2O2S/c1-4-7-23-15-12(18)8-11(9-13(15)19)10-14-16(22)21(6-3)17(24-14)20-5-2/h4,8-10H,1,5-7H2,2-3H3/b14-10+,20-17?. The Kier molecular flexibility index (Phi) is 7.13. The Hall–Kier alpha value is -1.05. The highest BCUT2D eigenvalue weighted by atomic mass is 79.9. The number of aliphatic imine (C=N–C) groups is 1. The Labute approximate surface area is 163 Å². The fraction of sp³-hybridized carbons (Fsp3) is 0.294. The molecule has 1 aliphatic rings. The molecule has 1 aromatic rings. The van der Waals surface area contributed by atoms with Crippen molar-refractivity contribution in [3.8, 4) is 5.75 Å². The Morgan fingerprint density at radius 2 is 2.00 bits per heavy atom. The van der Waals surface area contributed by atoms with Crippen LogP contribution in [0.25, 0.3) is 6.08 Å². The second-order valence-corrected chi connectivity index (χ2v) is 7.55. The normalized spacial score (nSPS) is 17.8. The van der Waals surface area contributed by atoms with E-state index >= 15 is 0 Å². The molecule has 0 bridgehead atoms. The first kappa shape index (κ1) is 19.3. The zero-order valence-corrected chi connectivity index (χ0v) is 17.5. The van der Waals surface area contributed by atoms with Gasteiger partial charge in [-0.3, -0.25) is 14.7 Å². The summed E-state index contributed by atoms with van der Waals surface area (Å²) in [5.41, 5.74) is 0.907. The molecule has 2 rings (SSSR count). The Bertz CT molecular complexity index is 694. The number of halogens is 2. The van der Waals surface area contributed by atoms with Crippen molar-refractivity contribution in [2.24, 2.45) is 4.99 Å². The number of amides is 1. The summed E-state index contributed by atoms with van der Waals surface area (Å²) in [6, 6.07) is 3.85. The van der Waals surface area contributed by atoms with Crippen LogP contribution in [-0.2, 0) is 4.79 Å². The highest BCUT2D eigenvalue weighted by molar-refractivity contribution is 9.11. The van der Waals surface area contributed by atoms with E-state index in [-0.39, 0.29) is 5.91 Å². The van der Waals surface area contributed by atoms with Gasteiger partial charge in [0.1, 0.15) is 12.4 Å². The van der Waals surface area contributed by atoms with E-state index in [1.807, 2.05) is 32.1 Å². The molecule has 0 aromatic heterocycles. The second kappa shape index (κ2) is 8.87. The summed E-state index contributed by atoms with van der Waals surface area (Å²) in [5.74, 6) is 0.708. The molecule has 0 atom stereocenters. The van der Waals surface area contributed by atoms with Crippen molar-refractivity contribution in [1.82, 2.24) is 4.90 Å². The molecule has 0 saturated carbocycles. The summed E-state index contributed by atoms with van der Waals surface area (Å²) in [6.07, 6.45) is 3.57. The number of ether oxygens (including phenoxy) is 1. The molecule has 0 spiro atoms. The second-order valence-electron chi connectivity index (χ2n) is 4.83. The van der Waals surface area contributed by atoms with E-state index in [4.69, 9.17) is 4.74 Å². The molecule has 0 radical (unpaired) electrons. The van der Waals surface area contributed by atoms with Gasteiger partial charge < -0.3 is 4.74 Å². The van der Waals surface area contributed by atoms with Crippen LogP contribution in [-0.4, -0.2) is 35.7 Å². The molecular formula is C17H18Br2N2O2S. The van der Waals surface area contributed by atoms with E-state index in [1.54, 1.807) is 11.0 Å². The Morgan fingerprint density at radius 1 is 1.33 bits per heavy atom. The van der Waals surface area contributed by atoms with Crippen LogP contribution >= 0.6 is 43.6 Å². The van der Waals surface area contributed by atoms with Gasteiger partial charge in [-0.05, 0) is 81.2 Å². The topological polar surface area (TPSA) is 41.9 Å². The minimum atomic E-state index is -0.00562. The van der Waals surface area contributed by atoms with Crippen LogP contribution in [0.2, 0.25) is 0 Å². The molecule has 1 aliphatic heterocycles. The van der Waals surface area contributed by atoms with Gasteiger partial charge in [0.05, 0.1) is 13.9 Å². The van der Waals surface area contributed by atoms with E-state index in [2.05, 4.69) is 43.4 Å². The quantitative estimate of drug-likeness (QED) is 0.426. The summed E-state index contributed by atoms with van der Waals surface area (Å²) in [5, 5.41) is 0.764. The summed E-state index contributed by atoms with van der Waals surface area (Å²) in [4.78, 5) is 19.3. The maximum absolute atomic E-state index is 12.5. The number of nitrogens with zero attached hydrogens (tertiary/aromatic N) is 2. The molecule has 24 heavy (non-hydrogen) atoms. The predicted octanol–water partition coefficient (Wildman–Crippen LogP) is 5.09. The van der Waals surface area contributed by atoms with Crippen LogP contribution in [0.3, 0.4) is 0 Å². The predicted molar refractivity (Wildman–Crippen MR) is 108 cm³/mol. The lowest BCUT2D eigenvalue weighted by Crippen LogP contribution is -2.28. The van der Waals surface area contributed by atoms with Crippen molar-refractivity contribution in [3.05, 3.63) is 44.2 Å². The monoisotopic (exact) mass is 472 g/mol. The summed E-state index contributed by atoms with van der Waals surface area (Å²) in [7, 11) is 0. The average Bonchev–Trinajstić information content (AvgIpc) is 2.82. The van der Waals surface area contributed by atoms with Gasteiger partial charge in [-0.15, -0.1) is 0 Å². The van der Waals surface area contributed by atoms with Crippen LogP contribution in [0.1, 0.15) is 19.4 Å². The molecule has 1 amide bonds. The van der Waals surface area contributed by atoms with Crippen molar-refractivity contribution < 1.29 is 9.53 Å². The fourth-order valence-electron chi connectivity index (χ4n) is 2.13. The molecular weight excluding hydrogens is 456 g/mol. The first-order chi connectivity index (χ1) is 11.5. The van der Waals surface area contributed by atoms with Gasteiger partial charge in [0.25, 0.3) is 5.91 Å². The van der Waals surface area contributed by atoms with E-state index in [1.165, 1.54) is 11.8 Å². The molecule has 1 heterocycles. The number of thioether (sulfide) groups is 1. The number of carbonyl (C=O) groups excluding carboxylic acids is 1. The van der Waals surface area contributed by atoms with E-state index in [0.29, 0.717) is 30.4 Å². The zero-order valence-electron chi connectivity index (χ0n) is 13.5. The van der Waals surface area contributed by atoms with Crippen molar-refractivity contribution in [2.45, 2.75) is 13.8 Å².